The summed E-state index contributed by atoms with van der Waals surface area (Å²) < 4.78 is 0. The number of hydrogen-bond donors (Lipinski definition) is 2. The standard InChI is InChI=1S/C13H21N3O2/c1-9(2)6-11(8-14)15-13-5-4-12(16(17)18)7-10(13)3/h4-5,7,9,11,15H,6,8,14H2,1-3H3. The molecule has 0 aliphatic heterocycles. The van der Waals surface area contributed by atoms with Crippen LogP contribution in [0, 0.1) is 23.0 Å². The number of nitrogens with two attached hydrogens (primary N) is 1. The van der Waals surface area contributed by atoms with Crippen LogP contribution in [0.1, 0.15) is 25.8 Å². The third kappa shape index (κ3) is 4.00. The summed E-state index contributed by atoms with van der Waals surface area (Å²) in [5, 5.41) is 14.0. The second-order valence-corrected chi connectivity index (χ2v) is 4.96. The molecule has 0 saturated carbocycles. The van der Waals surface area contributed by atoms with E-state index in [1.54, 1.807) is 12.1 Å². The quantitative estimate of drug-likeness (QED) is 0.601. The number of nitrogens with zero attached hydrogens (tertiary/aromatic N) is 1. The van der Waals surface area contributed by atoms with E-state index in [4.69, 9.17) is 5.73 Å². The van der Waals surface area contributed by atoms with Crippen molar-refractivity contribution in [3.8, 4) is 0 Å². The molecule has 3 N–H and O–H groups in total. The number of nitro benzene ring substituents is 1. The number of nitro groups is 1. The van der Waals surface area contributed by atoms with Crippen molar-refractivity contribution in [2.75, 3.05) is 11.9 Å². The molecule has 100 valence electrons. The van der Waals surface area contributed by atoms with Crippen LogP contribution in [0.5, 0.6) is 0 Å². The van der Waals surface area contributed by atoms with E-state index >= 15 is 0 Å². The van der Waals surface area contributed by atoms with Crippen LogP contribution >= 0.6 is 0 Å². The average molecular weight is 251 g/mol. The lowest BCUT2D eigenvalue weighted by molar-refractivity contribution is -0.384. The van der Waals surface area contributed by atoms with Crippen molar-refractivity contribution in [2.24, 2.45) is 11.7 Å². The number of aryl methyl sites for hydroxylation is 1. The molecule has 0 heterocycles. The molecule has 5 nitrogen and oxygen atoms in total. The highest BCUT2D eigenvalue weighted by atomic mass is 16.6. The van der Waals surface area contributed by atoms with Gasteiger partial charge in [-0.25, -0.2) is 0 Å². The molecule has 0 aliphatic carbocycles. The first-order valence-corrected chi connectivity index (χ1v) is 6.15. The maximum atomic E-state index is 10.7. The summed E-state index contributed by atoms with van der Waals surface area (Å²) in [5.41, 5.74) is 7.62. The van der Waals surface area contributed by atoms with Gasteiger partial charge in [-0.1, -0.05) is 13.8 Å². The molecule has 1 atom stereocenters. The van der Waals surface area contributed by atoms with E-state index in [2.05, 4.69) is 19.2 Å². The maximum absolute atomic E-state index is 10.7. The van der Waals surface area contributed by atoms with E-state index in [-0.39, 0.29) is 16.7 Å². The molecule has 1 unspecified atom stereocenters. The Kier molecular flexibility index (Phi) is 5.09. The lowest BCUT2D eigenvalue weighted by atomic mass is 10.0. The number of anilines is 1. The van der Waals surface area contributed by atoms with Gasteiger partial charge in [0, 0.05) is 30.4 Å². The summed E-state index contributed by atoms with van der Waals surface area (Å²) in [6.45, 7) is 6.70. The number of nitrogens with one attached hydrogen (secondary N) is 1. The summed E-state index contributed by atoms with van der Waals surface area (Å²) >= 11 is 0. The number of hydrogen-bond acceptors (Lipinski definition) is 4. The molecule has 1 aromatic rings. The van der Waals surface area contributed by atoms with Crippen LogP contribution in [0.25, 0.3) is 0 Å². The van der Waals surface area contributed by atoms with Crippen LogP contribution in [0.2, 0.25) is 0 Å². The summed E-state index contributed by atoms with van der Waals surface area (Å²) in [7, 11) is 0. The Morgan fingerprint density at radius 3 is 2.56 bits per heavy atom. The van der Waals surface area contributed by atoms with E-state index in [1.807, 2.05) is 6.92 Å². The lowest BCUT2D eigenvalue weighted by Gasteiger charge is -2.21. The largest absolute Gasteiger partial charge is 0.381 e. The van der Waals surface area contributed by atoms with E-state index in [1.165, 1.54) is 6.07 Å². The van der Waals surface area contributed by atoms with E-state index < -0.39 is 0 Å². The van der Waals surface area contributed by atoms with Crippen LogP contribution in [0.3, 0.4) is 0 Å². The minimum absolute atomic E-state index is 0.117. The van der Waals surface area contributed by atoms with E-state index in [9.17, 15) is 10.1 Å². The van der Waals surface area contributed by atoms with Gasteiger partial charge in [-0.15, -0.1) is 0 Å². The van der Waals surface area contributed by atoms with E-state index in [0.29, 0.717) is 12.5 Å². The normalized spacial score (nSPS) is 12.5. The Hall–Kier alpha value is -1.62. The first-order chi connectivity index (χ1) is 8.43. The highest BCUT2D eigenvalue weighted by Gasteiger charge is 2.12. The highest BCUT2D eigenvalue weighted by Crippen LogP contribution is 2.22. The molecule has 0 amide bonds. The molecule has 0 bridgehead atoms. The smallest absolute Gasteiger partial charge is 0.269 e. The predicted molar refractivity (Wildman–Crippen MR) is 73.8 cm³/mol. The molecule has 0 saturated heterocycles. The molecule has 0 radical (unpaired) electrons. The second-order valence-electron chi connectivity index (χ2n) is 4.96. The molecular formula is C13H21N3O2. The minimum atomic E-state index is -0.384. The third-order valence-corrected chi connectivity index (χ3v) is 2.82. The second kappa shape index (κ2) is 6.35. The van der Waals surface area contributed by atoms with Gasteiger partial charge in [-0.05, 0) is 30.9 Å². The van der Waals surface area contributed by atoms with Crippen LogP contribution in [0.4, 0.5) is 11.4 Å². The van der Waals surface area contributed by atoms with Gasteiger partial charge in [0.15, 0.2) is 0 Å². The Morgan fingerprint density at radius 2 is 2.11 bits per heavy atom. The maximum Gasteiger partial charge on any atom is 0.269 e. The zero-order valence-corrected chi connectivity index (χ0v) is 11.1. The van der Waals surface area contributed by atoms with Gasteiger partial charge in [-0.3, -0.25) is 10.1 Å². The summed E-state index contributed by atoms with van der Waals surface area (Å²) in [6.07, 6.45) is 0.979. The van der Waals surface area contributed by atoms with Gasteiger partial charge in [0.25, 0.3) is 5.69 Å². The summed E-state index contributed by atoms with van der Waals surface area (Å²) in [4.78, 5) is 10.3. The molecule has 1 aromatic carbocycles. The van der Waals surface area contributed by atoms with Crippen molar-refractivity contribution in [3.05, 3.63) is 33.9 Å². The minimum Gasteiger partial charge on any atom is -0.381 e. The van der Waals surface area contributed by atoms with Crippen LogP contribution in [0.15, 0.2) is 18.2 Å². The molecule has 1 rings (SSSR count). The molecule has 0 aromatic heterocycles. The fraction of sp³-hybridized carbons (Fsp3) is 0.538. The SMILES string of the molecule is Cc1cc([N+](=O)[O-])ccc1NC(CN)CC(C)C. The number of benzene rings is 1. The van der Waals surface area contributed by atoms with Crippen LogP contribution in [-0.4, -0.2) is 17.5 Å². The van der Waals surface area contributed by atoms with Gasteiger partial charge in [0.05, 0.1) is 4.92 Å². The lowest BCUT2D eigenvalue weighted by Crippen LogP contribution is -2.30. The topological polar surface area (TPSA) is 81.2 Å². The molecule has 0 aliphatic rings. The fourth-order valence-electron chi connectivity index (χ4n) is 1.93. The fourth-order valence-corrected chi connectivity index (χ4v) is 1.93. The van der Waals surface area contributed by atoms with Gasteiger partial charge in [0.1, 0.15) is 0 Å². The zero-order chi connectivity index (χ0) is 13.7. The molecule has 5 heteroatoms. The predicted octanol–water partition coefficient (Wildman–Crippen LogP) is 2.69. The van der Waals surface area contributed by atoms with Gasteiger partial charge >= 0.3 is 0 Å². The van der Waals surface area contributed by atoms with Crippen molar-refractivity contribution in [2.45, 2.75) is 33.2 Å². The van der Waals surface area contributed by atoms with Crippen molar-refractivity contribution in [3.63, 3.8) is 0 Å². The van der Waals surface area contributed by atoms with Gasteiger partial charge in [-0.2, -0.15) is 0 Å². The molecule has 0 fully saturated rings. The van der Waals surface area contributed by atoms with Crippen molar-refractivity contribution in [1.82, 2.24) is 0 Å². The monoisotopic (exact) mass is 251 g/mol. The van der Waals surface area contributed by atoms with Crippen LogP contribution < -0.4 is 11.1 Å². The van der Waals surface area contributed by atoms with Crippen molar-refractivity contribution >= 4 is 11.4 Å². The third-order valence-electron chi connectivity index (χ3n) is 2.82. The van der Waals surface area contributed by atoms with Crippen LogP contribution in [-0.2, 0) is 0 Å². The van der Waals surface area contributed by atoms with Gasteiger partial charge < -0.3 is 11.1 Å². The Labute approximate surface area is 108 Å². The molecule has 18 heavy (non-hydrogen) atoms. The zero-order valence-electron chi connectivity index (χ0n) is 11.1. The highest BCUT2D eigenvalue weighted by molar-refractivity contribution is 5.55. The molecule has 0 spiro atoms. The Morgan fingerprint density at radius 1 is 1.44 bits per heavy atom. The summed E-state index contributed by atoms with van der Waals surface area (Å²) in [5.74, 6) is 0.560. The van der Waals surface area contributed by atoms with Crippen molar-refractivity contribution in [1.29, 1.82) is 0 Å². The summed E-state index contributed by atoms with van der Waals surface area (Å²) in [6, 6.07) is 5.03. The first-order valence-electron chi connectivity index (χ1n) is 6.15. The Balaban J connectivity index is 2.80. The van der Waals surface area contributed by atoms with Gasteiger partial charge in [0.2, 0.25) is 0 Å². The molecular weight excluding hydrogens is 230 g/mol. The van der Waals surface area contributed by atoms with E-state index in [0.717, 1.165) is 17.7 Å². The first kappa shape index (κ1) is 14.4. The van der Waals surface area contributed by atoms with Crippen molar-refractivity contribution < 1.29 is 4.92 Å². The number of non-ortho nitro benzene ring substituents is 1. The Bertz CT molecular complexity index is 419. The number of rotatable bonds is 6. The average Bonchev–Trinajstić information content (AvgIpc) is 2.29.